The molecule has 2 fully saturated rings. The van der Waals surface area contributed by atoms with Crippen molar-refractivity contribution in [1.29, 1.82) is 0 Å². The van der Waals surface area contributed by atoms with Crippen LogP contribution in [0, 0.1) is 30.4 Å². The summed E-state index contributed by atoms with van der Waals surface area (Å²) in [5.41, 5.74) is -0.375. The van der Waals surface area contributed by atoms with Crippen LogP contribution in [0.5, 0.6) is 0 Å². The molecule has 3 rings (SSSR count). The summed E-state index contributed by atoms with van der Waals surface area (Å²) in [6.45, 7) is 1.36. The second-order valence-electron chi connectivity index (χ2n) is 6.09. The van der Waals surface area contributed by atoms with E-state index in [-0.39, 0.29) is 17.2 Å². The smallest absolute Gasteiger partial charge is 0.263 e. The van der Waals surface area contributed by atoms with E-state index in [4.69, 9.17) is 0 Å². The van der Waals surface area contributed by atoms with Crippen molar-refractivity contribution in [2.45, 2.75) is 38.6 Å². The van der Waals surface area contributed by atoms with E-state index in [9.17, 15) is 18.4 Å². The molecule has 112 valence electrons. The van der Waals surface area contributed by atoms with Crippen LogP contribution in [-0.2, 0) is 4.79 Å². The van der Waals surface area contributed by atoms with E-state index in [0.717, 1.165) is 42.7 Å². The molecule has 2 saturated carbocycles. The van der Waals surface area contributed by atoms with Crippen LogP contribution in [0.25, 0.3) is 0 Å². The molecule has 5 heteroatoms. The van der Waals surface area contributed by atoms with Gasteiger partial charge in [-0.25, -0.2) is 8.78 Å². The van der Waals surface area contributed by atoms with Crippen molar-refractivity contribution >= 4 is 12.3 Å². The van der Waals surface area contributed by atoms with Gasteiger partial charge in [0, 0.05) is 11.6 Å². The minimum Gasteiger partial charge on any atom is -0.278 e. The molecule has 3 atom stereocenters. The fraction of sp³-hybridized carbons (Fsp3) is 0.500. The third-order valence-electron chi connectivity index (χ3n) is 4.97. The molecule has 2 aliphatic carbocycles. The van der Waals surface area contributed by atoms with Crippen LogP contribution in [0.4, 0.5) is 8.78 Å². The Morgan fingerprint density at radius 2 is 1.95 bits per heavy atom. The van der Waals surface area contributed by atoms with E-state index < -0.39 is 17.5 Å². The first kappa shape index (κ1) is 14.2. The van der Waals surface area contributed by atoms with Crippen molar-refractivity contribution in [2.24, 2.45) is 11.8 Å². The SMILES string of the molecule is Cc1c(F)ccc(F)c1C(=O)N(C=O)C1C[C@@H]2CC[C@@H]1C2. The van der Waals surface area contributed by atoms with Gasteiger partial charge in [0.1, 0.15) is 11.6 Å². The van der Waals surface area contributed by atoms with Crippen LogP contribution in [0.3, 0.4) is 0 Å². The number of halogens is 2. The maximum Gasteiger partial charge on any atom is 0.263 e. The lowest BCUT2D eigenvalue weighted by Gasteiger charge is -2.30. The zero-order valence-corrected chi connectivity index (χ0v) is 11.8. The average Bonchev–Trinajstić information content (AvgIpc) is 3.07. The number of nitrogens with zero attached hydrogens (tertiary/aromatic N) is 1. The molecule has 0 spiro atoms. The van der Waals surface area contributed by atoms with Crippen LogP contribution >= 0.6 is 0 Å². The van der Waals surface area contributed by atoms with Gasteiger partial charge in [0.05, 0.1) is 5.56 Å². The summed E-state index contributed by atoms with van der Waals surface area (Å²) in [7, 11) is 0. The number of benzene rings is 1. The Morgan fingerprint density at radius 1 is 1.24 bits per heavy atom. The molecule has 1 unspecified atom stereocenters. The minimum absolute atomic E-state index is 0.0463. The Hall–Kier alpha value is -1.78. The number of fused-ring (bicyclic) bond motifs is 2. The molecule has 1 aromatic carbocycles. The van der Waals surface area contributed by atoms with Crippen LogP contribution < -0.4 is 0 Å². The lowest BCUT2D eigenvalue weighted by Crippen LogP contribution is -2.43. The molecular formula is C16H17F2NO2. The first-order valence-corrected chi connectivity index (χ1v) is 7.25. The van der Waals surface area contributed by atoms with E-state index in [1.54, 1.807) is 0 Å². The fourth-order valence-corrected chi connectivity index (χ4v) is 3.87. The summed E-state index contributed by atoms with van der Waals surface area (Å²) >= 11 is 0. The molecule has 3 nitrogen and oxygen atoms in total. The first-order valence-electron chi connectivity index (χ1n) is 7.25. The van der Waals surface area contributed by atoms with E-state index in [2.05, 4.69) is 0 Å². The van der Waals surface area contributed by atoms with Crippen molar-refractivity contribution in [1.82, 2.24) is 4.90 Å². The molecule has 0 N–H and O–H groups in total. The third-order valence-corrected chi connectivity index (χ3v) is 4.97. The molecule has 0 radical (unpaired) electrons. The van der Waals surface area contributed by atoms with Gasteiger partial charge in [0.25, 0.3) is 5.91 Å². The maximum atomic E-state index is 13.9. The Morgan fingerprint density at radius 3 is 2.52 bits per heavy atom. The third kappa shape index (κ3) is 2.24. The van der Waals surface area contributed by atoms with Crippen LogP contribution in [0.2, 0.25) is 0 Å². The molecule has 1 aromatic rings. The van der Waals surface area contributed by atoms with Crippen molar-refractivity contribution in [3.05, 3.63) is 34.9 Å². The van der Waals surface area contributed by atoms with Crippen LogP contribution in [0.15, 0.2) is 12.1 Å². The van der Waals surface area contributed by atoms with Gasteiger partial charge in [-0.1, -0.05) is 6.42 Å². The topological polar surface area (TPSA) is 37.4 Å². The number of carbonyl (C=O) groups excluding carboxylic acids is 2. The average molecular weight is 293 g/mol. The Labute approximate surface area is 121 Å². The molecule has 0 heterocycles. The van der Waals surface area contributed by atoms with Crippen molar-refractivity contribution in [2.75, 3.05) is 0 Å². The minimum atomic E-state index is -0.783. The quantitative estimate of drug-likeness (QED) is 0.803. The van der Waals surface area contributed by atoms with Crippen LogP contribution in [-0.4, -0.2) is 23.3 Å². The van der Waals surface area contributed by atoms with Gasteiger partial charge in [0.2, 0.25) is 6.41 Å². The monoisotopic (exact) mass is 293 g/mol. The number of hydrogen-bond donors (Lipinski definition) is 0. The molecule has 2 amide bonds. The molecule has 21 heavy (non-hydrogen) atoms. The van der Waals surface area contributed by atoms with Gasteiger partial charge < -0.3 is 0 Å². The Balaban J connectivity index is 1.93. The predicted molar refractivity (Wildman–Crippen MR) is 72.6 cm³/mol. The van der Waals surface area contributed by atoms with Crippen molar-refractivity contribution in [3.63, 3.8) is 0 Å². The molecule has 2 bridgehead atoms. The number of imide groups is 1. The Bertz CT molecular complexity index is 602. The largest absolute Gasteiger partial charge is 0.278 e. The summed E-state index contributed by atoms with van der Waals surface area (Å²) in [5, 5.41) is 0. The van der Waals surface area contributed by atoms with E-state index in [1.807, 2.05) is 0 Å². The standard InChI is InChI=1S/C16H17F2NO2/c1-9-12(17)4-5-13(18)15(9)16(21)19(8-20)14-7-10-2-3-11(14)6-10/h4-5,8,10-11,14H,2-3,6-7H2,1H3/t10-,11-,14?/m1/s1. The molecule has 0 aliphatic heterocycles. The molecular weight excluding hydrogens is 276 g/mol. The highest BCUT2D eigenvalue weighted by Crippen LogP contribution is 2.46. The van der Waals surface area contributed by atoms with Crippen molar-refractivity contribution in [3.8, 4) is 0 Å². The van der Waals surface area contributed by atoms with Gasteiger partial charge in [-0.3, -0.25) is 14.5 Å². The second kappa shape index (κ2) is 5.20. The normalized spacial score (nSPS) is 26.9. The van der Waals surface area contributed by atoms with E-state index >= 15 is 0 Å². The second-order valence-corrected chi connectivity index (χ2v) is 6.09. The molecule has 2 aliphatic rings. The summed E-state index contributed by atoms with van der Waals surface area (Å²) in [6, 6.07) is 1.75. The highest BCUT2D eigenvalue weighted by Gasteiger charge is 2.44. The van der Waals surface area contributed by atoms with Gasteiger partial charge >= 0.3 is 0 Å². The Kier molecular flexibility index (Phi) is 3.51. The highest BCUT2D eigenvalue weighted by molar-refractivity contribution is 6.01. The van der Waals surface area contributed by atoms with Gasteiger partial charge in [0.15, 0.2) is 0 Å². The van der Waals surface area contributed by atoms with E-state index in [1.165, 1.54) is 6.92 Å². The highest BCUT2D eigenvalue weighted by atomic mass is 19.1. The maximum absolute atomic E-state index is 13.9. The van der Waals surface area contributed by atoms with Gasteiger partial charge in [-0.15, -0.1) is 0 Å². The summed E-state index contributed by atoms with van der Waals surface area (Å²) in [6.07, 6.45) is 4.41. The lowest BCUT2D eigenvalue weighted by atomic mass is 9.93. The number of carbonyl (C=O) groups is 2. The molecule has 0 saturated heterocycles. The summed E-state index contributed by atoms with van der Waals surface area (Å²) in [5.74, 6) is -1.29. The molecule has 0 aromatic heterocycles. The van der Waals surface area contributed by atoms with Crippen LogP contribution in [0.1, 0.15) is 41.6 Å². The van der Waals surface area contributed by atoms with Gasteiger partial charge in [-0.2, -0.15) is 0 Å². The zero-order chi connectivity index (χ0) is 15.1. The van der Waals surface area contributed by atoms with Crippen molar-refractivity contribution < 1.29 is 18.4 Å². The first-order chi connectivity index (χ1) is 10.0. The summed E-state index contributed by atoms with van der Waals surface area (Å²) in [4.78, 5) is 25.0. The zero-order valence-electron chi connectivity index (χ0n) is 11.8. The number of hydrogen-bond acceptors (Lipinski definition) is 2. The van der Waals surface area contributed by atoms with Gasteiger partial charge in [-0.05, 0) is 50.2 Å². The fourth-order valence-electron chi connectivity index (χ4n) is 3.87. The predicted octanol–water partition coefficient (Wildman–Crippen LogP) is 3.06. The lowest BCUT2D eigenvalue weighted by molar-refractivity contribution is -0.118. The summed E-state index contributed by atoms with van der Waals surface area (Å²) < 4.78 is 27.5. The number of rotatable bonds is 3. The number of amides is 2. The van der Waals surface area contributed by atoms with E-state index in [0.29, 0.717) is 18.2 Å².